The van der Waals surface area contributed by atoms with Gasteiger partial charge in [-0.05, 0) is 19.1 Å². The largest absolute Gasteiger partial charge is 0.343 e. The first-order chi connectivity index (χ1) is 12.4. The molecule has 0 saturated heterocycles. The smallest absolute Gasteiger partial charge is 0.273 e. The van der Waals surface area contributed by atoms with Crippen LogP contribution >= 0.6 is 11.6 Å². The molecule has 0 radical (unpaired) electrons. The molecule has 2 aromatic carbocycles. The second-order valence-corrected chi connectivity index (χ2v) is 5.61. The number of nitro groups is 1. The number of hydrazone groups is 1. The number of benzene rings is 2. The third kappa shape index (κ3) is 4.87. The molecule has 2 aromatic rings. The van der Waals surface area contributed by atoms with Crippen molar-refractivity contribution in [1.29, 1.82) is 0 Å². The second kappa shape index (κ2) is 8.72. The molecule has 0 bridgehead atoms. The van der Waals surface area contributed by atoms with Gasteiger partial charge in [0, 0.05) is 27.8 Å². The third-order valence-electron chi connectivity index (χ3n) is 3.45. The monoisotopic (exact) mass is 374 g/mol. The van der Waals surface area contributed by atoms with Crippen molar-refractivity contribution in [3.8, 4) is 0 Å². The van der Waals surface area contributed by atoms with Crippen LogP contribution in [0.1, 0.15) is 21.5 Å². The molecule has 0 heterocycles. The van der Waals surface area contributed by atoms with E-state index in [0.717, 1.165) is 0 Å². The van der Waals surface area contributed by atoms with Crippen LogP contribution in [0.2, 0.25) is 5.02 Å². The number of nitrogens with one attached hydrogen (secondary N) is 2. The van der Waals surface area contributed by atoms with E-state index in [1.54, 1.807) is 24.3 Å². The lowest BCUT2D eigenvalue weighted by Gasteiger charge is -2.07. The standard InChI is InChI=1S/C17H15ClN4O4/c1-11-13(6-4-8-15(11)22(25)26)17(24)19-10-16(23)21-20-9-12-5-2-3-7-14(12)18/h2-9H,10H2,1H3,(H,19,24)(H,21,23)/b20-9+. The lowest BCUT2D eigenvalue weighted by molar-refractivity contribution is -0.385. The molecule has 2 rings (SSSR count). The van der Waals surface area contributed by atoms with Crippen LogP contribution in [0.3, 0.4) is 0 Å². The van der Waals surface area contributed by atoms with Gasteiger partial charge in [-0.2, -0.15) is 5.10 Å². The van der Waals surface area contributed by atoms with E-state index in [0.29, 0.717) is 10.6 Å². The van der Waals surface area contributed by atoms with Gasteiger partial charge >= 0.3 is 0 Å². The first-order valence-corrected chi connectivity index (χ1v) is 7.86. The Labute approximate surface area is 154 Å². The van der Waals surface area contributed by atoms with Gasteiger partial charge in [-0.15, -0.1) is 0 Å². The van der Waals surface area contributed by atoms with Gasteiger partial charge in [-0.1, -0.05) is 35.9 Å². The molecular formula is C17H15ClN4O4. The molecule has 134 valence electrons. The maximum Gasteiger partial charge on any atom is 0.273 e. The van der Waals surface area contributed by atoms with Crippen molar-refractivity contribution >= 4 is 35.3 Å². The van der Waals surface area contributed by atoms with Gasteiger partial charge in [-0.25, -0.2) is 5.43 Å². The summed E-state index contributed by atoms with van der Waals surface area (Å²) in [6.07, 6.45) is 1.38. The van der Waals surface area contributed by atoms with E-state index >= 15 is 0 Å². The fourth-order valence-electron chi connectivity index (χ4n) is 2.12. The van der Waals surface area contributed by atoms with Crippen molar-refractivity contribution < 1.29 is 14.5 Å². The van der Waals surface area contributed by atoms with E-state index in [2.05, 4.69) is 15.8 Å². The summed E-state index contributed by atoms with van der Waals surface area (Å²) in [6, 6.07) is 11.1. The zero-order chi connectivity index (χ0) is 19.1. The highest BCUT2D eigenvalue weighted by molar-refractivity contribution is 6.33. The number of amides is 2. The summed E-state index contributed by atoms with van der Waals surface area (Å²) in [5.41, 5.74) is 3.09. The Hall–Kier alpha value is -3.26. The van der Waals surface area contributed by atoms with Crippen LogP contribution in [0.15, 0.2) is 47.6 Å². The maximum atomic E-state index is 12.1. The van der Waals surface area contributed by atoms with Crippen molar-refractivity contribution in [2.45, 2.75) is 6.92 Å². The highest BCUT2D eigenvalue weighted by Crippen LogP contribution is 2.20. The number of carbonyl (C=O) groups excluding carboxylic acids is 2. The number of halogens is 1. The highest BCUT2D eigenvalue weighted by atomic mass is 35.5. The van der Waals surface area contributed by atoms with Crippen molar-refractivity contribution in [3.63, 3.8) is 0 Å². The molecule has 0 spiro atoms. The van der Waals surface area contributed by atoms with Gasteiger partial charge in [0.15, 0.2) is 0 Å². The average Bonchev–Trinajstić information content (AvgIpc) is 2.61. The Balaban J connectivity index is 1.91. The lowest BCUT2D eigenvalue weighted by atomic mass is 10.1. The van der Waals surface area contributed by atoms with E-state index in [-0.39, 0.29) is 23.4 Å². The van der Waals surface area contributed by atoms with Gasteiger partial charge in [0.25, 0.3) is 17.5 Å². The zero-order valence-corrected chi connectivity index (χ0v) is 14.5. The minimum atomic E-state index is -0.587. The zero-order valence-electron chi connectivity index (χ0n) is 13.7. The molecule has 0 aliphatic carbocycles. The summed E-state index contributed by atoms with van der Waals surface area (Å²) >= 11 is 5.95. The van der Waals surface area contributed by atoms with Crippen LogP contribution < -0.4 is 10.7 Å². The van der Waals surface area contributed by atoms with Crippen LogP contribution in [0.4, 0.5) is 5.69 Å². The van der Waals surface area contributed by atoms with Gasteiger partial charge in [-0.3, -0.25) is 19.7 Å². The number of nitro benzene ring substituents is 1. The molecule has 0 atom stereocenters. The number of nitrogens with zero attached hydrogens (tertiary/aromatic N) is 2. The Morgan fingerprint density at radius 1 is 1.23 bits per heavy atom. The first-order valence-electron chi connectivity index (χ1n) is 7.48. The normalized spacial score (nSPS) is 10.5. The molecule has 0 saturated carbocycles. The molecule has 0 unspecified atom stereocenters. The van der Waals surface area contributed by atoms with Crippen LogP contribution in [-0.4, -0.2) is 29.5 Å². The fourth-order valence-corrected chi connectivity index (χ4v) is 2.30. The Morgan fingerprint density at radius 3 is 2.65 bits per heavy atom. The fraction of sp³-hybridized carbons (Fsp3) is 0.118. The number of hydrogen-bond acceptors (Lipinski definition) is 5. The maximum absolute atomic E-state index is 12.1. The number of carbonyl (C=O) groups is 2. The summed E-state index contributed by atoms with van der Waals surface area (Å²) in [7, 11) is 0. The Morgan fingerprint density at radius 2 is 1.96 bits per heavy atom. The quantitative estimate of drug-likeness (QED) is 0.459. The molecule has 2 N–H and O–H groups in total. The topological polar surface area (TPSA) is 114 Å². The molecule has 0 aliphatic rings. The molecule has 0 fully saturated rings. The predicted octanol–water partition coefficient (Wildman–Crippen LogP) is 2.44. The summed E-state index contributed by atoms with van der Waals surface area (Å²) in [5, 5.41) is 17.5. The summed E-state index contributed by atoms with van der Waals surface area (Å²) in [5.74, 6) is -1.14. The third-order valence-corrected chi connectivity index (χ3v) is 3.80. The van der Waals surface area contributed by atoms with Crippen LogP contribution in [0.5, 0.6) is 0 Å². The van der Waals surface area contributed by atoms with Gasteiger partial charge in [0.1, 0.15) is 0 Å². The Kier molecular flexibility index (Phi) is 6.40. The van der Waals surface area contributed by atoms with Crippen LogP contribution in [0, 0.1) is 17.0 Å². The predicted molar refractivity (Wildman–Crippen MR) is 97.4 cm³/mol. The van der Waals surface area contributed by atoms with Crippen molar-refractivity contribution in [2.24, 2.45) is 5.10 Å². The van der Waals surface area contributed by atoms with Crippen molar-refractivity contribution in [3.05, 3.63) is 74.3 Å². The van der Waals surface area contributed by atoms with E-state index < -0.39 is 16.7 Å². The molecular weight excluding hydrogens is 360 g/mol. The minimum Gasteiger partial charge on any atom is -0.343 e. The number of rotatable bonds is 6. The summed E-state index contributed by atoms with van der Waals surface area (Å²) < 4.78 is 0. The van der Waals surface area contributed by atoms with Crippen LogP contribution in [-0.2, 0) is 4.79 Å². The van der Waals surface area contributed by atoms with Gasteiger partial charge in [0.05, 0.1) is 17.7 Å². The minimum absolute atomic E-state index is 0.131. The SMILES string of the molecule is Cc1c(C(=O)NCC(=O)N/N=C/c2ccccc2Cl)cccc1[N+](=O)[O-]. The molecule has 9 heteroatoms. The van der Waals surface area contributed by atoms with Gasteiger partial charge < -0.3 is 5.32 Å². The van der Waals surface area contributed by atoms with E-state index in [1.807, 2.05) is 0 Å². The van der Waals surface area contributed by atoms with Crippen molar-refractivity contribution in [2.75, 3.05) is 6.54 Å². The molecule has 0 aliphatic heterocycles. The molecule has 2 amide bonds. The van der Waals surface area contributed by atoms with Crippen LogP contribution in [0.25, 0.3) is 0 Å². The average molecular weight is 375 g/mol. The van der Waals surface area contributed by atoms with Crippen molar-refractivity contribution in [1.82, 2.24) is 10.7 Å². The summed E-state index contributed by atoms with van der Waals surface area (Å²) in [6.45, 7) is 1.14. The molecule has 0 aromatic heterocycles. The first kappa shape index (κ1) is 19.1. The van der Waals surface area contributed by atoms with E-state index in [9.17, 15) is 19.7 Å². The lowest BCUT2D eigenvalue weighted by Crippen LogP contribution is -2.35. The van der Waals surface area contributed by atoms with E-state index in [4.69, 9.17) is 11.6 Å². The molecule has 8 nitrogen and oxygen atoms in total. The number of hydrogen-bond donors (Lipinski definition) is 2. The second-order valence-electron chi connectivity index (χ2n) is 5.20. The highest BCUT2D eigenvalue weighted by Gasteiger charge is 2.18. The van der Waals surface area contributed by atoms with Gasteiger partial charge in [0.2, 0.25) is 0 Å². The van der Waals surface area contributed by atoms with E-state index in [1.165, 1.54) is 31.3 Å². The summed E-state index contributed by atoms with van der Waals surface area (Å²) in [4.78, 5) is 34.2. The Bertz CT molecular complexity index is 883. The molecule has 26 heavy (non-hydrogen) atoms.